The van der Waals surface area contributed by atoms with E-state index in [4.69, 9.17) is 4.74 Å². The highest BCUT2D eigenvalue weighted by Gasteiger charge is 2.26. The number of methoxy groups -OCH3 is 1. The first-order chi connectivity index (χ1) is 13.2. The summed E-state index contributed by atoms with van der Waals surface area (Å²) in [5.41, 5.74) is 2.35. The molecule has 27 heavy (non-hydrogen) atoms. The number of ether oxygens (including phenoxy) is 1. The fourth-order valence-corrected chi connectivity index (χ4v) is 4.41. The zero-order valence-corrected chi connectivity index (χ0v) is 16.9. The normalized spacial score (nSPS) is 15.5. The van der Waals surface area contributed by atoms with E-state index in [1.807, 2.05) is 30.3 Å². The van der Waals surface area contributed by atoms with Crippen LogP contribution in [0.1, 0.15) is 30.0 Å². The molecule has 1 aliphatic rings. The molecule has 5 heteroatoms. The van der Waals surface area contributed by atoms with Crippen LogP contribution in [0.2, 0.25) is 0 Å². The predicted molar refractivity (Wildman–Crippen MR) is 111 cm³/mol. The summed E-state index contributed by atoms with van der Waals surface area (Å²) >= 11 is 1.59. The molecule has 1 unspecified atom stereocenters. The van der Waals surface area contributed by atoms with Crippen molar-refractivity contribution in [1.29, 1.82) is 0 Å². The van der Waals surface area contributed by atoms with Gasteiger partial charge in [0.1, 0.15) is 5.75 Å². The standard InChI is InChI=1S/C22H28N2O2S/c1-17-9-3-6-12-21(17)27-16-22(25)23-15-19(24-13-7-8-14-24)18-10-4-5-11-20(18)26-2/h3-6,9-12,19H,7-8,13-16H2,1-2H3,(H,23,25). The quantitative estimate of drug-likeness (QED) is 0.697. The van der Waals surface area contributed by atoms with Gasteiger partial charge in [-0.3, -0.25) is 9.69 Å². The summed E-state index contributed by atoms with van der Waals surface area (Å²) in [6.45, 7) is 4.81. The van der Waals surface area contributed by atoms with E-state index in [1.54, 1.807) is 18.9 Å². The molecule has 0 aliphatic carbocycles. The maximum Gasteiger partial charge on any atom is 0.230 e. The van der Waals surface area contributed by atoms with Gasteiger partial charge in [0.05, 0.1) is 18.9 Å². The number of para-hydroxylation sites is 1. The van der Waals surface area contributed by atoms with Gasteiger partial charge < -0.3 is 10.1 Å². The Balaban J connectivity index is 1.62. The maximum absolute atomic E-state index is 12.5. The van der Waals surface area contributed by atoms with Gasteiger partial charge in [-0.1, -0.05) is 36.4 Å². The second-order valence-corrected chi connectivity index (χ2v) is 7.88. The number of hydrogen-bond acceptors (Lipinski definition) is 4. The van der Waals surface area contributed by atoms with Crippen LogP contribution in [0.4, 0.5) is 0 Å². The van der Waals surface area contributed by atoms with Gasteiger partial charge >= 0.3 is 0 Å². The van der Waals surface area contributed by atoms with Crippen LogP contribution >= 0.6 is 11.8 Å². The van der Waals surface area contributed by atoms with Crippen LogP contribution in [0.3, 0.4) is 0 Å². The topological polar surface area (TPSA) is 41.6 Å². The third-order valence-corrected chi connectivity index (χ3v) is 6.20. The van der Waals surface area contributed by atoms with Crippen molar-refractivity contribution in [2.24, 2.45) is 0 Å². The fraction of sp³-hybridized carbons (Fsp3) is 0.409. The van der Waals surface area contributed by atoms with Gasteiger partial charge in [-0.25, -0.2) is 0 Å². The van der Waals surface area contributed by atoms with Crippen molar-refractivity contribution < 1.29 is 9.53 Å². The third-order valence-electron chi connectivity index (χ3n) is 5.02. The van der Waals surface area contributed by atoms with E-state index >= 15 is 0 Å². The summed E-state index contributed by atoms with van der Waals surface area (Å²) < 4.78 is 5.57. The number of aryl methyl sites for hydroxylation is 1. The number of carbonyl (C=O) groups is 1. The van der Waals surface area contributed by atoms with E-state index < -0.39 is 0 Å². The fourth-order valence-electron chi connectivity index (χ4n) is 3.55. The molecule has 4 nitrogen and oxygen atoms in total. The molecule has 0 radical (unpaired) electrons. The van der Waals surface area contributed by atoms with Gasteiger partial charge in [-0.15, -0.1) is 11.8 Å². The van der Waals surface area contributed by atoms with Crippen molar-refractivity contribution in [3.05, 3.63) is 59.7 Å². The van der Waals surface area contributed by atoms with Gasteiger partial charge in [-0.2, -0.15) is 0 Å². The Kier molecular flexibility index (Phi) is 7.18. The Morgan fingerprint density at radius 2 is 1.85 bits per heavy atom. The molecule has 1 heterocycles. The molecule has 0 saturated carbocycles. The molecule has 0 spiro atoms. The van der Waals surface area contributed by atoms with Crippen LogP contribution in [0.15, 0.2) is 53.4 Å². The summed E-state index contributed by atoms with van der Waals surface area (Å²) in [5.74, 6) is 1.39. The van der Waals surface area contributed by atoms with Gasteiger partial charge in [0.25, 0.3) is 0 Å². The summed E-state index contributed by atoms with van der Waals surface area (Å²) in [4.78, 5) is 16.1. The molecule has 2 aromatic rings. The molecule has 1 atom stereocenters. The first kappa shape index (κ1) is 19.8. The molecule has 0 aromatic heterocycles. The Morgan fingerprint density at radius 1 is 1.15 bits per heavy atom. The summed E-state index contributed by atoms with van der Waals surface area (Å²) in [6.07, 6.45) is 2.42. The maximum atomic E-state index is 12.5. The molecule has 1 N–H and O–H groups in total. The van der Waals surface area contributed by atoms with Crippen LogP contribution in [-0.4, -0.2) is 43.3 Å². The SMILES string of the molecule is COc1ccccc1C(CNC(=O)CSc1ccccc1C)N1CCCC1. The minimum absolute atomic E-state index is 0.0716. The number of rotatable bonds is 8. The van der Waals surface area contributed by atoms with Crippen molar-refractivity contribution in [3.63, 3.8) is 0 Å². The second-order valence-electron chi connectivity index (χ2n) is 6.86. The second kappa shape index (κ2) is 9.81. The molecule has 1 amide bonds. The number of carbonyl (C=O) groups excluding carboxylic acids is 1. The van der Waals surface area contributed by atoms with Crippen molar-refractivity contribution in [3.8, 4) is 5.75 Å². The van der Waals surface area contributed by atoms with E-state index in [0.717, 1.165) is 29.3 Å². The summed E-state index contributed by atoms with van der Waals surface area (Å²) in [7, 11) is 1.71. The largest absolute Gasteiger partial charge is 0.496 e. The lowest BCUT2D eigenvalue weighted by molar-refractivity contribution is -0.118. The Hall–Kier alpha value is -1.98. The monoisotopic (exact) mass is 384 g/mol. The molecule has 2 aromatic carbocycles. The Morgan fingerprint density at radius 3 is 2.59 bits per heavy atom. The van der Waals surface area contributed by atoms with E-state index in [2.05, 4.69) is 35.3 Å². The average molecular weight is 385 g/mol. The lowest BCUT2D eigenvalue weighted by Crippen LogP contribution is -2.37. The smallest absolute Gasteiger partial charge is 0.230 e. The zero-order chi connectivity index (χ0) is 19.1. The number of nitrogens with one attached hydrogen (secondary N) is 1. The van der Waals surface area contributed by atoms with Gasteiger partial charge in [0.2, 0.25) is 5.91 Å². The van der Waals surface area contributed by atoms with E-state index in [9.17, 15) is 4.79 Å². The number of benzene rings is 2. The van der Waals surface area contributed by atoms with Crippen molar-refractivity contribution >= 4 is 17.7 Å². The van der Waals surface area contributed by atoms with Crippen LogP contribution in [0, 0.1) is 6.92 Å². The highest BCUT2D eigenvalue weighted by atomic mass is 32.2. The third kappa shape index (κ3) is 5.27. The lowest BCUT2D eigenvalue weighted by atomic mass is 10.0. The van der Waals surface area contributed by atoms with E-state index in [-0.39, 0.29) is 11.9 Å². The van der Waals surface area contributed by atoms with Crippen molar-refractivity contribution in [2.45, 2.75) is 30.7 Å². The van der Waals surface area contributed by atoms with Crippen LogP contribution in [0.25, 0.3) is 0 Å². The minimum Gasteiger partial charge on any atom is -0.496 e. The predicted octanol–water partition coefficient (Wildman–Crippen LogP) is 4.05. The van der Waals surface area contributed by atoms with Gasteiger partial charge in [0.15, 0.2) is 0 Å². The van der Waals surface area contributed by atoms with Gasteiger partial charge in [-0.05, 0) is 50.6 Å². The van der Waals surface area contributed by atoms with Gasteiger partial charge in [0, 0.05) is 17.0 Å². The van der Waals surface area contributed by atoms with Crippen molar-refractivity contribution in [1.82, 2.24) is 10.2 Å². The highest BCUT2D eigenvalue weighted by Crippen LogP contribution is 2.31. The first-order valence-corrected chi connectivity index (χ1v) is 10.5. The number of nitrogens with zero attached hydrogens (tertiary/aromatic N) is 1. The molecule has 1 fully saturated rings. The lowest BCUT2D eigenvalue weighted by Gasteiger charge is -2.29. The number of likely N-dealkylation sites (tertiary alicyclic amines) is 1. The van der Waals surface area contributed by atoms with Crippen molar-refractivity contribution in [2.75, 3.05) is 32.5 Å². The highest BCUT2D eigenvalue weighted by molar-refractivity contribution is 8.00. The number of hydrogen-bond donors (Lipinski definition) is 1. The first-order valence-electron chi connectivity index (χ1n) is 9.51. The Bertz CT molecular complexity index is 759. The molecule has 1 aliphatic heterocycles. The van der Waals surface area contributed by atoms with Crippen LogP contribution in [-0.2, 0) is 4.79 Å². The molecule has 3 rings (SSSR count). The van der Waals surface area contributed by atoms with E-state index in [1.165, 1.54) is 18.4 Å². The molecule has 0 bridgehead atoms. The number of amides is 1. The van der Waals surface area contributed by atoms with Crippen LogP contribution < -0.4 is 10.1 Å². The summed E-state index contributed by atoms with van der Waals surface area (Å²) in [5, 5.41) is 3.14. The molecular formula is C22H28N2O2S. The summed E-state index contributed by atoms with van der Waals surface area (Å²) in [6, 6.07) is 16.4. The molecule has 1 saturated heterocycles. The Labute approximate surface area is 166 Å². The zero-order valence-electron chi connectivity index (χ0n) is 16.1. The average Bonchev–Trinajstić information content (AvgIpc) is 3.22. The van der Waals surface area contributed by atoms with Crippen LogP contribution in [0.5, 0.6) is 5.75 Å². The van der Waals surface area contributed by atoms with E-state index in [0.29, 0.717) is 12.3 Å². The minimum atomic E-state index is 0.0716. The molecule has 144 valence electrons. The molecular weight excluding hydrogens is 356 g/mol. The number of thioether (sulfide) groups is 1.